The van der Waals surface area contributed by atoms with Crippen molar-refractivity contribution in [2.75, 3.05) is 11.5 Å². The zero-order chi connectivity index (χ0) is 12.3. The Bertz CT molecular complexity index is 501. The number of hydrogen-bond donors (Lipinski definition) is 2. The number of benzene rings is 2. The van der Waals surface area contributed by atoms with Crippen LogP contribution in [0.4, 0.5) is 11.4 Å². The number of rotatable bonds is 3. The van der Waals surface area contributed by atoms with Gasteiger partial charge in [0, 0.05) is 0 Å². The van der Waals surface area contributed by atoms with Crippen molar-refractivity contribution >= 4 is 11.4 Å². The molecule has 0 atom stereocenters. The first-order valence-electron chi connectivity index (χ1n) is 5.85. The Morgan fingerprint density at radius 1 is 0.882 bits per heavy atom. The van der Waals surface area contributed by atoms with Crippen LogP contribution in [0.5, 0.6) is 0 Å². The fourth-order valence-corrected chi connectivity index (χ4v) is 1.88. The summed E-state index contributed by atoms with van der Waals surface area (Å²) in [5, 5.41) is 0. The van der Waals surface area contributed by atoms with E-state index in [1.54, 1.807) is 0 Å². The standard InChI is InChI=1S/C15H18N2/c1-11-5-7-12(8-6-11)9-10-13-3-2-4-14(16)15(13)17/h2-8H,9-10,16-17H2,1H3. The van der Waals surface area contributed by atoms with E-state index < -0.39 is 0 Å². The SMILES string of the molecule is Cc1ccc(CCc2cccc(N)c2N)cc1. The van der Waals surface area contributed by atoms with E-state index in [4.69, 9.17) is 11.5 Å². The summed E-state index contributed by atoms with van der Waals surface area (Å²) in [6.45, 7) is 2.10. The molecule has 2 heteroatoms. The molecule has 0 bridgehead atoms. The van der Waals surface area contributed by atoms with Crippen LogP contribution in [0.3, 0.4) is 0 Å². The number of aryl methyl sites for hydroxylation is 3. The molecule has 88 valence electrons. The van der Waals surface area contributed by atoms with Crippen molar-refractivity contribution in [2.45, 2.75) is 19.8 Å². The lowest BCUT2D eigenvalue weighted by Crippen LogP contribution is -2.01. The van der Waals surface area contributed by atoms with Gasteiger partial charge in [-0.15, -0.1) is 0 Å². The van der Waals surface area contributed by atoms with Crippen molar-refractivity contribution in [3.63, 3.8) is 0 Å². The number of hydrogen-bond acceptors (Lipinski definition) is 2. The third-order valence-electron chi connectivity index (χ3n) is 3.03. The van der Waals surface area contributed by atoms with Gasteiger partial charge in [-0.2, -0.15) is 0 Å². The lowest BCUT2D eigenvalue weighted by molar-refractivity contribution is 0.962. The Morgan fingerprint density at radius 2 is 1.59 bits per heavy atom. The number of nitrogen functional groups attached to an aromatic ring is 2. The predicted molar refractivity (Wildman–Crippen MR) is 73.9 cm³/mol. The van der Waals surface area contributed by atoms with E-state index in [0.717, 1.165) is 24.1 Å². The summed E-state index contributed by atoms with van der Waals surface area (Å²) in [6, 6.07) is 14.4. The molecule has 0 unspecified atom stereocenters. The van der Waals surface area contributed by atoms with E-state index in [1.165, 1.54) is 11.1 Å². The zero-order valence-corrected chi connectivity index (χ0v) is 10.1. The van der Waals surface area contributed by atoms with Crippen LogP contribution in [0, 0.1) is 6.92 Å². The normalized spacial score (nSPS) is 10.4. The molecular weight excluding hydrogens is 208 g/mol. The maximum Gasteiger partial charge on any atom is 0.0580 e. The van der Waals surface area contributed by atoms with E-state index >= 15 is 0 Å². The van der Waals surface area contributed by atoms with Crippen LogP contribution in [0.15, 0.2) is 42.5 Å². The monoisotopic (exact) mass is 226 g/mol. The fraction of sp³-hybridized carbons (Fsp3) is 0.200. The van der Waals surface area contributed by atoms with Crippen molar-refractivity contribution in [3.05, 3.63) is 59.2 Å². The Morgan fingerprint density at radius 3 is 2.29 bits per heavy atom. The largest absolute Gasteiger partial charge is 0.397 e. The molecule has 2 nitrogen and oxygen atoms in total. The molecule has 0 fully saturated rings. The second kappa shape index (κ2) is 4.91. The van der Waals surface area contributed by atoms with Gasteiger partial charge in [-0.05, 0) is 37.0 Å². The van der Waals surface area contributed by atoms with E-state index in [0.29, 0.717) is 5.69 Å². The molecule has 2 aromatic rings. The van der Waals surface area contributed by atoms with E-state index in [-0.39, 0.29) is 0 Å². The third kappa shape index (κ3) is 2.78. The topological polar surface area (TPSA) is 52.0 Å². The summed E-state index contributed by atoms with van der Waals surface area (Å²) in [5.74, 6) is 0. The van der Waals surface area contributed by atoms with Gasteiger partial charge in [0.25, 0.3) is 0 Å². The van der Waals surface area contributed by atoms with Crippen LogP contribution in [-0.2, 0) is 12.8 Å². The van der Waals surface area contributed by atoms with E-state index in [9.17, 15) is 0 Å². The third-order valence-corrected chi connectivity index (χ3v) is 3.03. The highest BCUT2D eigenvalue weighted by molar-refractivity contribution is 5.67. The van der Waals surface area contributed by atoms with Gasteiger partial charge in [-0.1, -0.05) is 42.0 Å². The number of anilines is 2. The summed E-state index contributed by atoms with van der Waals surface area (Å²) >= 11 is 0. The molecule has 0 aliphatic rings. The van der Waals surface area contributed by atoms with Crippen LogP contribution in [0.25, 0.3) is 0 Å². The molecule has 17 heavy (non-hydrogen) atoms. The molecule has 0 radical (unpaired) electrons. The molecule has 2 aromatic carbocycles. The molecule has 0 aromatic heterocycles. The minimum Gasteiger partial charge on any atom is -0.397 e. The van der Waals surface area contributed by atoms with Crippen molar-refractivity contribution in [1.29, 1.82) is 0 Å². The maximum atomic E-state index is 5.95. The molecule has 0 heterocycles. The highest BCUT2D eigenvalue weighted by Gasteiger charge is 2.02. The van der Waals surface area contributed by atoms with Crippen molar-refractivity contribution in [1.82, 2.24) is 0 Å². The lowest BCUT2D eigenvalue weighted by Gasteiger charge is -2.08. The molecule has 0 aliphatic carbocycles. The summed E-state index contributed by atoms with van der Waals surface area (Å²) < 4.78 is 0. The quantitative estimate of drug-likeness (QED) is 0.791. The minimum atomic E-state index is 0.673. The second-order valence-corrected chi connectivity index (χ2v) is 4.41. The fourth-order valence-electron chi connectivity index (χ4n) is 1.88. The van der Waals surface area contributed by atoms with Gasteiger partial charge in [0.05, 0.1) is 11.4 Å². The van der Waals surface area contributed by atoms with Crippen molar-refractivity contribution < 1.29 is 0 Å². The Labute approximate surface area is 102 Å². The summed E-state index contributed by atoms with van der Waals surface area (Å²) in [7, 11) is 0. The van der Waals surface area contributed by atoms with Crippen molar-refractivity contribution in [3.8, 4) is 0 Å². The Kier molecular flexibility index (Phi) is 3.33. The molecule has 0 aliphatic heterocycles. The zero-order valence-electron chi connectivity index (χ0n) is 10.1. The molecule has 0 saturated heterocycles. The predicted octanol–water partition coefficient (Wildman–Crippen LogP) is 2.94. The molecule has 0 spiro atoms. The first kappa shape index (κ1) is 11.5. The van der Waals surface area contributed by atoms with Gasteiger partial charge in [-0.3, -0.25) is 0 Å². The maximum absolute atomic E-state index is 5.95. The lowest BCUT2D eigenvalue weighted by atomic mass is 10.0. The Balaban J connectivity index is 2.07. The number of nitrogens with two attached hydrogens (primary N) is 2. The van der Waals surface area contributed by atoms with Crippen LogP contribution in [0.2, 0.25) is 0 Å². The summed E-state index contributed by atoms with van der Waals surface area (Å²) in [5.41, 5.74) is 16.9. The van der Waals surface area contributed by atoms with Crippen molar-refractivity contribution in [2.24, 2.45) is 0 Å². The van der Waals surface area contributed by atoms with Crippen LogP contribution >= 0.6 is 0 Å². The first-order chi connectivity index (χ1) is 8.16. The highest BCUT2D eigenvalue weighted by atomic mass is 14.7. The molecule has 0 amide bonds. The second-order valence-electron chi connectivity index (χ2n) is 4.41. The smallest absolute Gasteiger partial charge is 0.0580 e. The average molecular weight is 226 g/mol. The van der Waals surface area contributed by atoms with Gasteiger partial charge >= 0.3 is 0 Å². The summed E-state index contributed by atoms with van der Waals surface area (Å²) in [4.78, 5) is 0. The average Bonchev–Trinajstić information content (AvgIpc) is 2.33. The van der Waals surface area contributed by atoms with E-state index in [2.05, 4.69) is 31.2 Å². The van der Waals surface area contributed by atoms with Gasteiger partial charge in [0.2, 0.25) is 0 Å². The van der Waals surface area contributed by atoms with Gasteiger partial charge in [0.1, 0.15) is 0 Å². The van der Waals surface area contributed by atoms with Crippen LogP contribution in [0.1, 0.15) is 16.7 Å². The van der Waals surface area contributed by atoms with E-state index in [1.807, 2.05) is 18.2 Å². The van der Waals surface area contributed by atoms with Crippen LogP contribution < -0.4 is 11.5 Å². The van der Waals surface area contributed by atoms with Crippen LogP contribution in [-0.4, -0.2) is 0 Å². The first-order valence-corrected chi connectivity index (χ1v) is 5.85. The highest BCUT2D eigenvalue weighted by Crippen LogP contribution is 2.21. The summed E-state index contributed by atoms with van der Waals surface area (Å²) in [6.07, 6.45) is 1.92. The molecule has 4 N–H and O–H groups in total. The number of para-hydroxylation sites is 1. The molecule has 2 rings (SSSR count). The van der Waals surface area contributed by atoms with Gasteiger partial charge in [0.15, 0.2) is 0 Å². The minimum absolute atomic E-state index is 0.673. The molecule has 0 saturated carbocycles. The van der Waals surface area contributed by atoms with Gasteiger partial charge < -0.3 is 11.5 Å². The molecular formula is C15H18N2. The Hall–Kier alpha value is -1.96. The van der Waals surface area contributed by atoms with Gasteiger partial charge in [-0.25, -0.2) is 0 Å².